The Morgan fingerprint density at radius 1 is 1.50 bits per heavy atom. The van der Waals surface area contributed by atoms with Gasteiger partial charge in [-0.05, 0) is 0 Å². The highest BCUT2D eigenvalue weighted by molar-refractivity contribution is 8.14. The van der Waals surface area contributed by atoms with Gasteiger partial charge in [0.25, 0.3) is 5.24 Å². The number of carbonyl (C=O) groups is 3. The molecule has 2 atom stereocenters. The Balaban J connectivity index is 2.06. The summed E-state index contributed by atoms with van der Waals surface area (Å²) in [4.78, 5) is 36.6. The summed E-state index contributed by atoms with van der Waals surface area (Å²) in [7, 11) is 1.55. The second kappa shape index (κ2) is 5.57. The van der Waals surface area contributed by atoms with Crippen LogP contribution < -0.4 is 16.0 Å². The topological polar surface area (TPSA) is 90.5 Å². The summed E-state index contributed by atoms with van der Waals surface area (Å²) in [6.45, 7) is 1.58. The third-order valence-corrected chi connectivity index (χ3v) is 3.93. The summed E-state index contributed by atoms with van der Waals surface area (Å²) >= 11 is 1.10. The maximum absolute atomic E-state index is 12.3. The van der Waals surface area contributed by atoms with Gasteiger partial charge in [0.15, 0.2) is 0 Å². The van der Waals surface area contributed by atoms with Crippen molar-refractivity contribution >= 4 is 28.8 Å². The Labute approximate surface area is 109 Å². The van der Waals surface area contributed by atoms with E-state index in [1.165, 1.54) is 0 Å². The molecule has 8 heteroatoms. The summed E-state index contributed by atoms with van der Waals surface area (Å²) in [5, 5.41) is 8.07. The van der Waals surface area contributed by atoms with Gasteiger partial charge in [-0.2, -0.15) is 0 Å². The predicted molar refractivity (Wildman–Crippen MR) is 67.2 cm³/mol. The first-order valence-corrected chi connectivity index (χ1v) is 6.78. The van der Waals surface area contributed by atoms with Crippen LogP contribution in [0.25, 0.3) is 0 Å². The van der Waals surface area contributed by atoms with Crippen molar-refractivity contribution in [2.24, 2.45) is 0 Å². The third-order valence-electron chi connectivity index (χ3n) is 3.05. The number of amides is 3. The van der Waals surface area contributed by atoms with Gasteiger partial charge in [-0.3, -0.25) is 14.4 Å². The highest BCUT2D eigenvalue weighted by atomic mass is 32.2. The Morgan fingerprint density at radius 2 is 2.28 bits per heavy atom. The number of piperazine rings is 1. The smallest absolute Gasteiger partial charge is 0.279 e. The molecule has 2 heterocycles. The van der Waals surface area contributed by atoms with Crippen LogP contribution in [0.4, 0.5) is 4.79 Å². The molecule has 100 valence electrons. The molecule has 7 nitrogen and oxygen atoms in total. The molecule has 2 saturated heterocycles. The third kappa shape index (κ3) is 2.59. The first kappa shape index (κ1) is 13.2. The first-order chi connectivity index (χ1) is 8.63. The molecule has 0 aromatic rings. The number of likely N-dealkylation sites (N-methyl/N-ethyl adjacent to an activating group) is 1. The van der Waals surface area contributed by atoms with Gasteiger partial charge in [0, 0.05) is 32.4 Å². The van der Waals surface area contributed by atoms with Crippen molar-refractivity contribution in [2.75, 3.05) is 32.4 Å². The Bertz CT molecular complexity index is 376. The quantitative estimate of drug-likeness (QED) is 0.561. The molecule has 2 unspecified atom stereocenters. The van der Waals surface area contributed by atoms with Crippen LogP contribution in [0.1, 0.15) is 0 Å². The Morgan fingerprint density at radius 3 is 2.89 bits per heavy atom. The summed E-state index contributed by atoms with van der Waals surface area (Å²) in [5.41, 5.74) is 0. The van der Waals surface area contributed by atoms with Crippen molar-refractivity contribution in [3.8, 4) is 0 Å². The van der Waals surface area contributed by atoms with E-state index in [2.05, 4.69) is 16.0 Å². The molecule has 18 heavy (non-hydrogen) atoms. The molecular formula is C10H16N4O3S. The molecule has 0 aromatic carbocycles. The monoisotopic (exact) mass is 272 g/mol. The van der Waals surface area contributed by atoms with Gasteiger partial charge in [0.2, 0.25) is 11.8 Å². The normalized spacial score (nSPS) is 27.8. The highest BCUT2D eigenvalue weighted by Gasteiger charge is 2.37. The molecule has 2 aliphatic rings. The lowest BCUT2D eigenvalue weighted by Crippen LogP contribution is -2.62. The van der Waals surface area contributed by atoms with Gasteiger partial charge in [0.05, 0.1) is 0 Å². The SMILES string of the molecule is CNC(=O)C1CNCCN1C(=O)C1CSC(=O)N1. The molecule has 0 radical (unpaired) electrons. The van der Waals surface area contributed by atoms with E-state index in [0.29, 0.717) is 25.4 Å². The van der Waals surface area contributed by atoms with Gasteiger partial charge in [-0.25, -0.2) is 0 Å². The number of hydrogen-bond acceptors (Lipinski definition) is 5. The first-order valence-electron chi connectivity index (χ1n) is 5.79. The second-order valence-corrected chi connectivity index (χ2v) is 5.15. The molecule has 3 N–H and O–H groups in total. The van der Waals surface area contributed by atoms with Crippen LogP contribution in [0, 0.1) is 0 Å². The molecular weight excluding hydrogens is 256 g/mol. The van der Waals surface area contributed by atoms with Crippen molar-refractivity contribution in [1.29, 1.82) is 0 Å². The van der Waals surface area contributed by atoms with Gasteiger partial charge in [-0.15, -0.1) is 0 Å². The van der Waals surface area contributed by atoms with Crippen molar-refractivity contribution in [1.82, 2.24) is 20.9 Å². The van der Waals surface area contributed by atoms with Gasteiger partial charge >= 0.3 is 0 Å². The minimum absolute atomic E-state index is 0.177. The molecule has 3 amide bonds. The molecule has 0 saturated carbocycles. The largest absolute Gasteiger partial charge is 0.357 e. The van der Waals surface area contributed by atoms with Gasteiger partial charge < -0.3 is 20.9 Å². The molecule has 0 spiro atoms. The minimum Gasteiger partial charge on any atom is -0.357 e. The van der Waals surface area contributed by atoms with E-state index in [9.17, 15) is 14.4 Å². The van der Waals surface area contributed by atoms with E-state index in [0.717, 1.165) is 11.8 Å². The number of rotatable bonds is 2. The van der Waals surface area contributed by atoms with Crippen LogP contribution in [0.3, 0.4) is 0 Å². The summed E-state index contributed by atoms with van der Waals surface area (Å²) < 4.78 is 0. The molecule has 0 aliphatic carbocycles. The van der Waals surface area contributed by atoms with Crippen LogP contribution in [0.5, 0.6) is 0 Å². The average Bonchev–Trinajstić information content (AvgIpc) is 2.83. The number of carbonyl (C=O) groups excluding carboxylic acids is 3. The number of thioether (sulfide) groups is 1. The van der Waals surface area contributed by atoms with Crippen molar-refractivity contribution in [3.63, 3.8) is 0 Å². The van der Waals surface area contributed by atoms with Crippen LogP contribution in [-0.2, 0) is 9.59 Å². The van der Waals surface area contributed by atoms with Crippen LogP contribution in [0.15, 0.2) is 0 Å². The molecule has 0 bridgehead atoms. The van der Waals surface area contributed by atoms with Crippen molar-refractivity contribution < 1.29 is 14.4 Å². The van der Waals surface area contributed by atoms with Crippen molar-refractivity contribution in [2.45, 2.75) is 12.1 Å². The van der Waals surface area contributed by atoms with Crippen LogP contribution in [0.2, 0.25) is 0 Å². The zero-order chi connectivity index (χ0) is 13.1. The fraction of sp³-hybridized carbons (Fsp3) is 0.700. The maximum atomic E-state index is 12.3. The maximum Gasteiger partial charge on any atom is 0.279 e. The second-order valence-electron chi connectivity index (χ2n) is 4.16. The average molecular weight is 272 g/mol. The lowest BCUT2D eigenvalue weighted by atomic mass is 10.1. The Kier molecular flexibility index (Phi) is 4.07. The molecule has 2 fully saturated rings. The van der Waals surface area contributed by atoms with E-state index in [1.807, 2.05) is 0 Å². The number of hydrogen-bond donors (Lipinski definition) is 3. The lowest BCUT2D eigenvalue weighted by Gasteiger charge is -2.36. The zero-order valence-electron chi connectivity index (χ0n) is 10.1. The van der Waals surface area contributed by atoms with E-state index < -0.39 is 12.1 Å². The highest BCUT2D eigenvalue weighted by Crippen LogP contribution is 2.16. The Hall–Kier alpha value is -1.28. The van der Waals surface area contributed by atoms with Crippen LogP contribution >= 0.6 is 11.8 Å². The molecule has 0 aromatic heterocycles. The van der Waals surface area contributed by atoms with E-state index in [-0.39, 0.29) is 17.1 Å². The van der Waals surface area contributed by atoms with E-state index in [1.54, 1.807) is 11.9 Å². The number of nitrogens with one attached hydrogen (secondary N) is 3. The standard InChI is InChI=1S/C10H16N4O3S/c1-11-8(15)7-4-12-2-3-14(7)9(16)6-5-18-10(17)13-6/h6-7,12H,2-5H2,1H3,(H,11,15)(H,13,17). The fourth-order valence-electron chi connectivity index (χ4n) is 2.09. The minimum atomic E-state index is -0.507. The summed E-state index contributed by atoms with van der Waals surface area (Å²) in [6, 6.07) is -1.01. The van der Waals surface area contributed by atoms with E-state index in [4.69, 9.17) is 0 Å². The van der Waals surface area contributed by atoms with Gasteiger partial charge in [0.1, 0.15) is 12.1 Å². The molecule has 2 rings (SSSR count). The summed E-state index contributed by atoms with van der Waals surface area (Å²) in [5.74, 6) is 0.0678. The zero-order valence-corrected chi connectivity index (χ0v) is 10.9. The fourth-order valence-corrected chi connectivity index (χ4v) is 2.86. The van der Waals surface area contributed by atoms with Crippen molar-refractivity contribution in [3.05, 3.63) is 0 Å². The number of nitrogens with zero attached hydrogens (tertiary/aromatic N) is 1. The summed E-state index contributed by atoms with van der Waals surface area (Å²) in [6.07, 6.45) is 0. The predicted octanol–water partition coefficient (Wildman–Crippen LogP) is -1.64. The lowest BCUT2D eigenvalue weighted by molar-refractivity contribution is -0.142. The van der Waals surface area contributed by atoms with Crippen LogP contribution in [-0.4, -0.2) is 66.5 Å². The molecule has 2 aliphatic heterocycles. The van der Waals surface area contributed by atoms with E-state index >= 15 is 0 Å². The van der Waals surface area contributed by atoms with Gasteiger partial charge in [-0.1, -0.05) is 11.8 Å².